The molecule has 1 atom stereocenters. The van der Waals surface area contributed by atoms with Crippen molar-refractivity contribution in [3.8, 4) is 11.1 Å². The number of allylic oxidation sites excluding steroid dienone is 1. The van der Waals surface area contributed by atoms with Crippen LogP contribution in [0, 0.1) is 19.7 Å². The van der Waals surface area contributed by atoms with E-state index in [0.717, 1.165) is 11.1 Å². The number of carbonyl (C=O) groups is 1. The van der Waals surface area contributed by atoms with E-state index in [1.807, 2.05) is 12.1 Å². The molecule has 0 aliphatic carbocycles. The van der Waals surface area contributed by atoms with Crippen molar-refractivity contribution in [2.45, 2.75) is 32.3 Å². The van der Waals surface area contributed by atoms with Crippen LogP contribution in [0.5, 0.6) is 0 Å². The number of aryl methyl sites for hydroxylation is 2. The quantitative estimate of drug-likeness (QED) is 0.352. The smallest absolute Gasteiger partial charge is 0.338 e. The molecule has 0 aliphatic heterocycles. The fourth-order valence-corrected chi connectivity index (χ4v) is 4.16. The highest BCUT2D eigenvalue weighted by Gasteiger charge is 2.29. The van der Waals surface area contributed by atoms with Crippen molar-refractivity contribution in [1.29, 1.82) is 0 Å². The lowest BCUT2D eigenvalue weighted by atomic mass is 9.84. The van der Waals surface area contributed by atoms with Gasteiger partial charge in [0.05, 0.1) is 5.56 Å². The maximum atomic E-state index is 14.1. The van der Waals surface area contributed by atoms with Gasteiger partial charge in [-0.1, -0.05) is 67.8 Å². The van der Waals surface area contributed by atoms with Gasteiger partial charge in [0.2, 0.25) is 0 Å². The number of hydrogen-bond donors (Lipinski definition) is 1. The molecule has 0 spiro atoms. The maximum Gasteiger partial charge on any atom is 0.338 e. The number of carboxylic acid groups (broad SMARTS) is 1. The molecular formula is C29H29FO3. The van der Waals surface area contributed by atoms with Crippen LogP contribution < -0.4 is 0 Å². The second kappa shape index (κ2) is 9.97. The van der Waals surface area contributed by atoms with Gasteiger partial charge in [0.1, 0.15) is 11.4 Å². The molecule has 0 fully saturated rings. The zero-order valence-corrected chi connectivity index (χ0v) is 19.3. The third kappa shape index (κ3) is 4.96. The van der Waals surface area contributed by atoms with Gasteiger partial charge in [-0.05, 0) is 77.8 Å². The minimum absolute atomic E-state index is 0.354. The fourth-order valence-electron chi connectivity index (χ4n) is 4.16. The molecule has 0 saturated carbocycles. The van der Waals surface area contributed by atoms with E-state index >= 15 is 0 Å². The van der Waals surface area contributed by atoms with Gasteiger partial charge in [-0.25, -0.2) is 9.18 Å². The van der Waals surface area contributed by atoms with E-state index in [1.54, 1.807) is 19.3 Å². The summed E-state index contributed by atoms with van der Waals surface area (Å²) in [5.41, 5.74) is 5.87. The lowest BCUT2D eigenvalue weighted by Crippen LogP contribution is -2.26. The number of carboxylic acids is 1. The van der Waals surface area contributed by atoms with E-state index in [2.05, 4.69) is 57.3 Å². The van der Waals surface area contributed by atoms with Gasteiger partial charge in [0.25, 0.3) is 0 Å². The normalized spacial score (nSPS) is 12.7. The number of halogens is 1. The molecule has 1 N–H and O–H groups in total. The van der Waals surface area contributed by atoms with Crippen LogP contribution >= 0.6 is 0 Å². The second-order valence-corrected chi connectivity index (χ2v) is 8.25. The van der Waals surface area contributed by atoms with Crippen molar-refractivity contribution in [1.82, 2.24) is 0 Å². The Morgan fingerprint density at radius 3 is 2.33 bits per heavy atom. The van der Waals surface area contributed by atoms with Gasteiger partial charge >= 0.3 is 5.97 Å². The van der Waals surface area contributed by atoms with E-state index in [0.29, 0.717) is 24.0 Å². The number of ether oxygens (including phenoxy) is 1. The van der Waals surface area contributed by atoms with Crippen LogP contribution in [-0.2, 0) is 10.3 Å². The van der Waals surface area contributed by atoms with Crippen molar-refractivity contribution in [2.75, 3.05) is 7.11 Å². The summed E-state index contributed by atoms with van der Waals surface area (Å²) in [4.78, 5) is 11.1. The molecule has 0 amide bonds. The van der Waals surface area contributed by atoms with Gasteiger partial charge < -0.3 is 9.84 Å². The average Bonchev–Trinajstić information content (AvgIpc) is 2.80. The largest absolute Gasteiger partial charge is 0.478 e. The summed E-state index contributed by atoms with van der Waals surface area (Å²) in [5, 5.41) is 9.03. The number of hydrogen-bond acceptors (Lipinski definition) is 2. The lowest BCUT2D eigenvalue weighted by Gasteiger charge is -2.31. The molecule has 170 valence electrons. The first-order chi connectivity index (χ1) is 15.7. The summed E-state index contributed by atoms with van der Waals surface area (Å²) in [6.07, 6.45) is 2.86. The van der Waals surface area contributed by atoms with E-state index < -0.39 is 17.4 Å². The standard InChI is InChI=1S/C29H29FO3/c1-6-29(33-5,16-15-19(2)22-11-13-26(28(31)32)27(30)18-22)23-12-14-25(21(4)17-23)24-10-8-7-9-20(24)3/h6-14,17-18H,1-2,15-16H2,3-5H3,(H,31,32). The first kappa shape index (κ1) is 24.1. The predicted octanol–water partition coefficient (Wildman–Crippen LogP) is 7.33. The lowest BCUT2D eigenvalue weighted by molar-refractivity contribution is 0.0230. The highest BCUT2D eigenvalue weighted by molar-refractivity contribution is 5.88. The van der Waals surface area contributed by atoms with Gasteiger partial charge in [0, 0.05) is 7.11 Å². The minimum Gasteiger partial charge on any atom is -0.478 e. The molecule has 3 nitrogen and oxygen atoms in total. The first-order valence-electron chi connectivity index (χ1n) is 10.8. The highest BCUT2D eigenvalue weighted by Crippen LogP contribution is 2.37. The third-order valence-electron chi connectivity index (χ3n) is 6.25. The van der Waals surface area contributed by atoms with E-state index in [4.69, 9.17) is 9.84 Å². The Balaban J connectivity index is 1.86. The molecule has 4 heteroatoms. The summed E-state index contributed by atoms with van der Waals surface area (Å²) in [6.45, 7) is 12.3. The number of aromatic carboxylic acids is 1. The van der Waals surface area contributed by atoms with Crippen LogP contribution in [0.15, 0.2) is 79.9 Å². The molecule has 1 unspecified atom stereocenters. The zero-order valence-electron chi connectivity index (χ0n) is 19.3. The van der Waals surface area contributed by atoms with E-state index in [9.17, 15) is 9.18 Å². The number of methoxy groups -OCH3 is 1. The molecule has 0 saturated heterocycles. The zero-order chi connectivity index (χ0) is 24.2. The molecular weight excluding hydrogens is 415 g/mol. The van der Waals surface area contributed by atoms with Crippen molar-refractivity contribution < 1.29 is 19.0 Å². The molecule has 0 bridgehead atoms. The molecule has 0 aromatic heterocycles. The Morgan fingerprint density at radius 2 is 1.76 bits per heavy atom. The Bertz CT molecular complexity index is 1210. The predicted molar refractivity (Wildman–Crippen MR) is 132 cm³/mol. The van der Waals surface area contributed by atoms with E-state index in [1.165, 1.54) is 28.8 Å². The minimum atomic E-state index is -1.29. The van der Waals surface area contributed by atoms with Crippen LogP contribution in [-0.4, -0.2) is 18.2 Å². The first-order valence-corrected chi connectivity index (χ1v) is 10.8. The maximum absolute atomic E-state index is 14.1. The molecule has 0 radical (unpaired) electrons. The molecule has 0 heterocycles. The summed E-state index contributed by atoms with van der Waals surface area (Å²) >= 11 is 0. The highest BCUT2D eigenvalue weighted by atomic mass is 19.1. The van der Waals surface area contributed by atoms with Crippen molar-refractivity contribution in [3.63, 3.8) is 0 Å². The Morgan fingerprint density at radius 1 is 1.06 bits per heavy atom. The molecule has 3 rings (SSSR count). The fraction of sp³-hybridized carbons (Fsp3) is 0.207. The van der Waals surface area contributed by atoms with Crippen LogP contribution in [0.25, 0.3) is 16.7 Å². The van der Waals surface area contributed by atoms with Gasteiger partial charge in [-0.3, -0.25) is 0 Å². The third-order valence-corrected chi connectivity index (χ3v) is 6.25. The summed E-state index contributed by atoms with van der Waals surface area (Å²) < 4.78 is 20.1. The monoisotopic (exact) mass is 444 g/mol. The summed E-state index contributed by atoms with van der Waals surface area (Å²) in [6, 6.07) is 18.6. The van der Waals surface area contributed by atoms with Crippen LogP contribution in [0.1, 0.15) is 45.5 Å². The molecule has 3 aromatic carbocycles. The van der Waals surface area contributed by atoms with Crippen molar-refractivity contribution >= 4 is 11.5 Å². The Kier molecular flexibility index (Phi) is 7.29. The number of rotatable bonds is 9. The Labute approximate surface area is 194 Å². The van der Waals surface area contributed by atoms with Crippen molar-refractivity contribution in [2.24, 2.45) is 0 Å². The average molecular weight is 445 g/mol. The second-order valence-electron chi connectivity index (χ2n) is 8.25. The molecule has 33 heavy (non-hydrogen) atoms. The SMILES string of the molecule is C=CC(CCC(=C)c1ccc(C(=O)O)c(F)c1)(OC)c1ccc(-c2ccccc2C)c(C)c1. The van der Waals surface area contributed by atoms with Crippen molar-refractivity contribution in [3.05, 3.63) is 114 Å². The van der Waals surface area contributed by atoms with Crippen LogP contribution in [0.2, 0.25) is 0 Å². The molecule has 0 aliphatic rings. The summed E-state index contributed by atoms with van der Waals surface area (Å²) in [7, 11) is 1.65. The topological polar surface area (TPSA) is 46.5 Å². The van der Waals surface area contributed by atoms with Crippen LogP contribution in [0.3, 0.4) is 0 Å². The van der Waals surface area contributed by atoms with Gasteiger partial charge in [-0.2, -0.15) is 0 Å². The number of benzene rings is 3. The Hall–Kier alpha value is -3.50. The van der Waals surface area contributed by atoms with Crippen LogP contribution in [0.4, 0.5) is 4.39 Å². The van der Waals surface area contributed by atoms with E-state index in [-0.39, 0.29) is 5.56 Å². The molecule has 3 aromatic rings. The summed E-state index contributed by atoms with van der Waals surface area (Å²) in [5.74, 6) is -2.07. The van der Waals surface area contributed by atoms with Gasteiger partial charge in [-0.15, -0.1) is 0 Å². The van der Waals surface area contributed by atoms with Gasteiger partial charge in [0.15, 0.2) is 0 Å².